The van der Waals surface area contributed by atoms with E-state index >= 15 is 0 Å². The van der Waals surface area contributed by atoms with Gasteiger partial charge < -0.3 is 10.0 Å². The van der Waals surface area contributed by atoms with Crippen LogP contribution in [0.4, 0.5) is 16.4 Å². The summed E-state index contributed by atoms with van der Waals surface area (Å²) in [5.74, 6) is -0.119. The summed E-state index contributed by atoms with van der Waals surface area (Å²) in [5.41, 5.74) is 13.9. The summed E-state index contributed by atoms with van der Waals surface area (Å²) in [6.07, 6.45) is 0.932. The van der Waals surface area contributed by atoms with Gasteiger partial charge in [-0.1, -0.05) is 127 Å². The Kier molecular flexibility index (Phi) is 6.32. The van der Waals surface area contributed by atoms with Crippen LogP contribution in [0.15, 0.2) is 157 Å². The second-order valence-electron chi connectivity index (χ2n) is 13.4. The Bertz CT molecular complexity index is 2510. The summed E-state index contributed by atoms with van der Waals surface area (Å²) in [6, 6.07) is 53.3. The molecule has 0 saturated heterocycles. The van der Waals surface area contributed by atoms with Crippen LogP contribution in [0.25, 0.3) is 27.6 Å². The molecule has 1 atom stereocenters. The summed E-state index contributed by atoms with van der Waals surface area (Å²) < 4.78 is 0. The molecule has 1 aliphatic heterocycles. The Balaban J connectivity index is 1.31. The minimum atomic E-state index is -0.961. The number of para-hydroxylation sites is 1. The number of rotatable bonds is 3. The standard InChI is InChI=1S/C46H31NO2S/c1-28-13-5-12-22-40(28)47-41-24-23-29(25-35-43(48)33-18-6-7-19-34(33)44(35)49)26-38(41)46(39-27-42(50-45(39)47)30-14-3-2-4-15-30)36-20-10-8-16-31(36)32-17-9-11-21-37(32)46/h2-27,43,48H,1H3/b35-25+. The number of anilines is 3. The van der Waals surface area contributed by atoms with E-state index < -0.39 is 11.5 Å². The number of aliphatic hydroxyl groups is 1. The Labute approximate surface area is 295 Å². The summed E-state index contributed by atoms with van der Waals surface area (Å²) >= 11 is 1.83. The number of aliphatic hydroxyl groups excluding tert-OH is 1. The van der Waals surface area contributed by atoms with Crippen molar-refractivity contribution in [3.8, 4) is 21.6 Å². The maximum absolute atomic E-state index is 13.6. The number of hydrogen-bond acceptors (Lipinski definition) is 4. The molecule has 7 aromatic rings. The molecule has 0 fully saturated rings. The van der Waals surface area contributed by atoms with Crippen LogP contribution in [0, 0.1) is 6.92 Å². The Morgan fingerprint density at radius 2 is 1.28 bits per heavy atom. The highest BCUT2D eigenvalue weighted by Gasteiger charge is 2.53. The minimum Gasteiger partial charge on any atom is -0.383 e. The van der Waals surface area contributed by atoms with Gasteiger partial charge in [0.05, 0.1) is 11.1 Å². The third kappa shape index (κ3) is 3.92. The zero-order valence-corrected chi connectivity index (χ0v) is 28.1. The van der Waals surface area contributed by atoms with E-state index in [1.165, 1.54) is 48.8 Å². The molecular formula is C46H31NO2S. The maximum atomic E-state index is 13.6. The lowest BCUT2D eigenvalue weighted by atomic mass is 9.65. The van der Waals surface area contributed by atoms with Crippen molar-refractivity contribution in [2.45, 2.75) is 18.4 Å². The van der Waals surface area contributed by atoms with Gasteiger partial charge in [-0.2, -0.15) is 0 Å². The Hall–Kier alpha value is -5.81. The van der Waals surface area contributed by atoms with Gasteiger partial charge in [0.25, 0.3) is 0 Å². The van der Waals surface area contributed by atoms with Crippen LogP contribution < -0.4 is 4.90 Å². The molecular weight excluding hydrogens is 631 g/mol. The molecule has 6 aromatic carbocycles. The zero-order valence-electron chi connectivity index (χ0n) is 27.3. The molecule has 50 heavy (non-hydrogen) atoms. The number of fused-ring (bicyclic) bond motifs is 10. The molecule has 0 bridgehead atoms. The SMILES string of the molecule is Cc1ccccc1N1c2ccc(/C=C3/C(=O)c4ccccc4C3O)cc2C2(c3ccccc3-c3ccccc32)c2cc(-c3ccccc3)sc21. The van der Waals surface area contributed by atoms with Crippen molar-refractivity contribution in [1.82, 2.24) is 0 Å². The molecule has 10 rings (SSSR count). The molecule has 1 spiro atoms. The van der Waals surface area contributed by atoms with Gasteiger partial charge in [-0.25, -0.2) is 0 Å². The van der Waals surface area contributed by atoms with E-state index in [2.05, 4.69) is 139 Å². The van der Waals surface area contributed by atoms with Crippen LogP contribution in [-0.4, -0.2) is 10.9 Å². The number of thiophene rings is 1. The molecule has 2 heterocycles. The van der Waals surface area contributed by atoms with Crippen LogP contribution in [0.2, 0.25) is 0 Å². The van der Waals surface area contributed by atoms with Gasteiger partial charge >= 0.3 is 0 Å². The fourth-order valence-electron chi connectivity index (χ4n) is 8.54. The van der Waals surface area contributed by atoms with Crippen molar-refractivity contribution in [3.63, 3.8) is 0 Å². The van der Waals surface area contributed by atoms with Crippen molar-refractivity contribution in [2.75, 3.05) is 4.90 Å². The number of nitrogens with zero attached hydrogens (tertiary/aromatic N) is 1. The average molecular weight is 662 g/mol. The highest BCUT2D eigenvalue weighted by Crippen LogP contribution is 2.65. The number of hydrogen-bond donors (Lipinski definition) is 1. The van der Waals surface area contributed by atoms with Crippen LogP contribution in [-0.2, 0) is 5.41 Å². The molecule has 1 aromatic heterocycles. The van der Waals surface area contributed by atoms with E-state index in [0.29, 0.717) is 16.7 Å². The molecule has 1 N–H and O–H groups in total. The molecule has 4 heteroatoms. The van der Waals surface area contributed by atoms with Crippen LogP contribution >= 0.6 is 11.3 Å². The number of benzene rings is 6. The summed E-state index contributed by atoms with van der Waals surface area (Å²) in [7, 11) is 0. The van der Waals surface area contributed by atoms with Gasteiger partial charge in [0.2, 0.25) is 0 Å². The molecule has 0 saturated carbocycles. The van der Waals surface area contributed by atoms with E-state index in [0.717, 1.165) is 22.5 Å². The highest BCUT2D eigenvalue weighted by molar-refractivity contribution is 7.19. The minimum absolute atomic E-state index is 0.119. The van der Waals surface area contributed by atoms with Crippen LogP contribution in [0.1, 0.15) is 55.4 Å². The Morgan fingerprint density at radius 3 is 2.00 bits per heavy atom. The lowest BCUT2D eigenvalue weighted by Gasteiger charge is -2.43. The molecule has 0 radical (unpaired) electrons. The van der Waals surface area contributed by atoms with E-state index in [4.69, 9.17) is 0 Å². The van der Waals surface area contributed by atoms with E-state index in [1.807, 2.05) is 35.6 Å². The van der Waals surface area contributed by atoms with Gasteiger partial charge in [0.15, 0.2) is 5.78 Å². The van der Waals surface area contributed by atoms with E-state index in [-0.39, 0.29) is 5.78 Å². The van der Waals surface area contributed by atoms with Gasteiger partial charge in [0.1, 0.15) is 11.1 Å². The third-order valence-electron chi connectivity index (χ3n) is 10.7. The van der Waals surface area contributed by atoms with E-state index in [1.54, 1.807) is 6.07 Å². The van der Waals surface area contributed by atoms with Crippen molar-refractivity contribution >= 4 is 39.6 Å². The number of aryl methyl sites for hydroxylation is 1. The Morgan fingerprint density at radius 1 is 0.640 bits per heavy atom. The normalized spacial score (nSPS) is 17.0. The number of carbonyl (C=O) groups excluding carboxylic acids is 1. The second-order valence-corrected chi connectivity index (χ2v) is 14.4. The fraction of sp³-hybridized carbons (Fsp3) is 0.0652. The number of Topliss-reactive ketones (excluding diaryl/α,β-unsaturated/α-hetero) is 1. The molecule has 238 valence electrons. The predicted octanol–water partition coefficient (Wildman–Crippen LogP) is 11.2. The monoisotopic (exact) mass is 661 g/mol. The zero-order chi connectivity index (χ0) is 33.6. The fourth-order valence-corrected chi connectivity index (χ4v) is 9.79. The summed E-state index contributed by atoms with van der Waals surface area (Å²) in [4.78, 5) is 17.3. The van der Waals surface area contributed by atoms with Gasteiger partial charge in [-0.3, -0.25) is 4.79 Å². The quantitative estimate of drug-likeness (QED) is 0.192. The smallest absolute Gasteiger partial charge is 0.192 e. The second kappa shape index (κ2) is 10.8. The maximum Gasteiger partial charge on any atom is 0.192 e. The molecule has 1 unspecified atom stereocenters. The first-order chi connectivity index (χ1) is 24.6. The lowest BCUT2D eigenvalue weighted by Crippen LogP contribution is -2.35. The first kappa shape index (κ1) is 29.1. The van der Waals surface area contributed by atoms with Crippen molar-refractivity contribution < 1.29 is 9.90 Å². The third-order valence-corrected chi connectivity index (χ3v) is 11.9. The molecule has 2 aliphatic carbocycles. The predicted molar refractivity (Wildman–Crippen MR) is 204 cm³/mol. The van der Waals surface area contributed by atoms with Gasteiger partial charge in [-0.15, -0.1) is 11.3 Å². The van der Waals surface area contributed by atoms with Crippen molar-refractivity contribution in [1.29, 1.82) is 0 Å². The number of ketones is 1. The molecule has 3 aliphatic rings. The van der Waals surface area contributed by atoms with Gasteiger partial charge in [0, 0.05) is 27.3 Å². The average Bonchev–Trinajstić information content (AvgIpc) is 3.80. The van der Waals surface area contributed by atoms with Crippen molar-refractivity contribution in [3.05, 3.63) is 202 Å². The van der Waals surface area contributed by atoms with Crippen LogP contribution in [0.5, 0.6) is 0 Å². The molecule has 3 nitrogen and oxygen atoms in total. The first-order valence-corrected chi connectivity index (χ1v) is 17.8. The van der Waals surface area contributed by atoms with Gasteiger partial charge in [-0.05, 0) is 87.3 Å². The lowest BCUT2D eigenvalue weighted by molar-refractivity contribution is 0.102. The largest absolute Gasteiger partial charge is 0.383 e. The summed E-state index contributed by atoms with van der Waals surface area (Å²) in [6.45, 7) is 2.18. The van der Waals surface area contributed by atoms with E-state index in [9.17, 15) is 9.90 Å². The highest BCUT2D eigenvalue weighted by atomic mass is 32.1. The van der Waals surface area contributed by atoms with Crippen molar-refractivity contribution in [2.24, 2.45) is 0 Å². The van der Waals surface area contributed by atoms with Crippen LogP contribution in [0.3, 0.4) is 0 Å². The topological polar surface area (TPSA) is 40.5 Å². The summed E-state index contributed by atoms with van der Waals surface area (Å²) in [5, 5.41) is 12.5. The number of carbonyl (C=O) groups is 1. The molecule has 0 amide bonds. The first-order valence-electron chi connectivity index (χ1n) is 17.0.